The number of hydrogen-bond donors (Lipinski definition) is 2. The van der Waals surface area contributed by atoms with Gasteiger partial charge in [-0.3, -0.25) is 0 Å². The molecule has 0 saturated heterocycles. The summed E-state index contributed by atoms with van der Waals surface area (Å²) in [6.07, 6.45) is 0.745. The fraction of sp³-hybridized carbons (Fsp3) is 0.357. The van der Waals surface area contributed by atoms with Crippen LogP contribution in [0, 0.1) is 0 Å². The largest absolute Gasteiger partial charge is 0.359 e. The average molecular weight is 309 g/mol. The van der Waals surface area contributed by atoms with Crippen molar-refractivity contribution >= 4 is 10.2 Å². The number of hydrogen-bond acceptors (Lipinski definition) is 4. The third kappa shape index (κ3) is 4.66. The molecule has 1 aromatic heterocycles. The van der Waals surface area contributed by atoms with Gasteiger partial charge in [0.2, 0.25) is 0 Å². The summed E-state index contributed by atoms with van der Waals surface area (Å²) in [6, 6.07) is 10.6. The topological polar surface area (TPSA) is 84.2 Å². The van der Waals surface area contributed by atoms with Crippen LogP contribution in [0.25, 0.3) is 0 Å². The molecule has 21 heavy (non-hydrogen) atoms. The van der Waals surface area contributed by atoms with E-state index in [9.17, 15) is 8.42 Å². The maximum absolute atomic E-state index is 12.0. The van der Waals surface area contributed by atoms with Crippen molar-refractivity contribution in [3.05, 3.63) is 53.4 Å². The highest BCUT2D eigenvalue weighted by molar-refractivity contribution is 7.87. The molecule has 0 aliphatic heterocycles. The van der Waals surface area contributed by atoms with Crippen molar-refractivity contribution in [2.24, 2.45) is 0 Å². The van der Waals surface area contributed by atoms with E-state index in [1.165, 1.54) is 0 Å². The van der Waals surface area contributed by atoms with Gasteiger partial charge in [0.1, 0.15) is 0 Å². The molecule has 2 rings (SSSR count). The van der Waals surface area contributed by atoms with E-state index in [2.05, 4.69) is 14.6 Å². The first-order chi connectivity index (χ1) is 10.00. The van der Waals surface area contributed by atoms with Gasteiger partial charge in [0.15, 0.2) is 5.76 Å². The van der Waals surface area contributed by atoms with E-state index in [1.54, 1.807) is 13.0 Å². The van der Waals surface area contributed by atoms with Crippen LogP contribution in [-0.4, -0.2) is 13.6 Å². The van der Waals surface area contributed by atoms with Gasteiger partial charge in [-0.25, -0.2) is 0 Å². The van der Waals surface area contributed by atoms with Gasteiger partial charge in [-0.05, 0) is 18.9 Å². The summed E-state index contributed by atoms with van der Waals surface area (Å²) in [5, 5.41) is 3.85. The molecule has 1 heterocycles. The molecule has 7 heteroatoms. The van der Waals surface area contributed by atoms with E-state index in [4.69, 9.17) is 4.52 Å². The summed E-state index contributed by atoms with van der Waals surface area (Å²) in [6.45, 7) is 3.90. The lowest BCUT2D eigenvalue weighted by Crippen LogP contribution is -2.37. The molecule has 0 aliphatic carbocycles. The van der Waals surface area contributed by atoms with Crippen LogP contribution in [0.4, 0.5) is 0 Å². The minimum absolute atomic E-state index is 0.236. The highest BCUT2D eigenvalue weighted by Crippen LogP contribution is 2.14. The van der Waals surface area contributed by atoms with Gasteiger partial charge in [-0.2, -0.15) is 17.9 Å². The van der Waals surface area contributed by atoms with Gasteiger partial charge in [0.05, 0.1) is 11.7 Å². The van der Waals surface area contributed by atoms with Crippen LogP contribution >= 0.6 is 0 Å². The van der Waals surface area contributed by atoms with Crippen LogP contribution in [0.2, 0.25) is 0 Å². The van der Waals surface area contributed by atoms with Crippen LogP contribution in [0.5, 0.6) is 0 Å². The Hall–Kier alpha value is -1.70. The second-order valence-electron chi connectivity index (χ2n) is 4.72. The van der Waals surface area contributed by atoms with Crippen LogP contribution in [0.15, 0.2) is 40.9 Å². The molecule has 1 aromatic carbocycles. The summed E-state index contributed by atoms with van der Waals surface area (Å²) >= 11 is 0. The Balaban J connectivity index is 1.94. The minimum Gasteiger partial charge on any atom is -0.359 e. The number of benzene rings is 1. The highest BCUT2D eigenvalue weighted by Gasteiger charge is 2.18. The molecule has 0 aliphatic rings. The lowest BCUT2D eigenvalue weighted by atomic mass is 10.2. The Bertz CT molecular complexity index is 668. The number of nitrogens with one attached hydrogen (secondary N) is 2. The summed E-state index contributed by atoms with van der Waals surface area (Å²) in [4.78, 5) is 0. The van der Waals surface area contributed by atoms with Crippen molar-refractivity contribution in [2.45, 2.75) is 32.9 Å². The zero-order valence-corrected chi connectivity index (χ0v) is 12.9. The Morgan fingerprint density at radius 2 is 2.00 bits per heavy atom. The third-order valence-corrected chi connectivity index (χ3v) is 4.20. The van der Waals surface area contributed by atoms with Gasteiger partial charge in [-0.1, -0.05) is 42.4 Å². The Morgan fingerprint density at radius 3 is 2.62 bits per heavy atom. The maximum atomic E-state index is 12.0. The van der Waals surface area contributed by atoms with Crippen molar-refractivity contribution in [1.29, 1.82) is 0 Å². The standard InChI is InChI=1S/C14H19N3O3S/c1-3-13-9-14(20-16-13)11(2)17-21(18,19)15-10-12-7-5-4-6-8-12/h4-9,11,15,17H,3,10H2,1-2H3/t11-/m1/s1. The SMILES string of the molecule is CCc1cc([C@@H](C)NS(=O)(=O)NCc2ccccc2)on1. The Morgan fingerprint density at radius 1 is 1.29 bits per heavy atom. The van der Waals surface area contributed by atoms with Crippen LogP contribution in [-0.2, 0) is 23.2 Å². The van der Waals surface area contributed by atoms with Crippen LogP contribution < -0.4 is 9.44 Å². The Labute approximate surface area is 124 Å². The highest BCUT2D eigenvalue weighted by atomic mass is 32.2. The summed E-state index contributed by atoms with van der Waals surface area (Å²) in [5.74, 6) is 0.497. The molecular formula is C14H19N3O3S. The number of aromatic nitrogens is 1. The van der Waals surface area contributed by atoms with Crippen molar-refractivity contribution in [3.8, 4) is 0 Å². The molecule has 0 amide bonds. The molecule has 114 valence electrons. The molecule has 0 bridgehead atoms. The van der Waals surface area contributed by atoms with Crippen molar-refractivity contribution in [3.63, 3.8) is 0 Å². The number of nitrogens with zero attached hydrogens (tertiary/aromatic N) is 1. The molecule has 0 radical (unpaired) electrons. The summed E-state index contributed by atoms with van der Waals surface area (Å²) in [7, 11) is -3.61. The monoisotopic (exact) mass is 309 g/mol. The fourth-order valence-corrected chi connectivity index (χ4v) is 2.83. The molecule has 1 atom stereocenters. The molecule has 0 spiro atoms. The zero-order chi connectivity index (χ0) is 15.3. The fourth-order valence-electron chi connectivity index (χ4n) is 1.81. The second-order valence-corrected chi connectivity index (χ2v) is 6.26. The lowest BCUT2D eigenvalue weighted by Gasteiger charge is -2.12. The summed E-state index contributed by atoms with van der Waals surface area (Å²) in [5.41, 5.74) is 1.69. The second kappa shape index (κ2) is 6.84. The van der Waals surface area contributed by atoms with Gasteiger partial charge >= 0.3 is 0 Å². The molecule has 0 saturated carbocycles. The van der Waals surface area contributed by atoms with E-state index in [1.807, 2.05) is 37.3 Å². The van der Waals surface area contributed by atoms with Crippen LogP contribution in [0.3, 0.4) is 0 Å². The number of rotatable bonds is 7. The van der Waals surface area contributed by atoms with E-state index in [0.29, 0.717) is 5.76 Å². The minimum atomic E-state index is -3.61. The van der Waals surface area contributed by atoms with Crippen molar-refractivity contribution in [2.75, 3.05) is 0 Å². The molecule has 2 N–H and O–H groups in total. The average Bonchev–Trinajstić information content (AvgIpc) is 2.95. The molecule has 6 nitrogen and oxygen atoms in total. The van der Waals surface area contributed by atoms with E-state index >= 15 is 0 Å². The van der Waals surface area contributed by atoms with Gasteiger partial charge in [0, 0.05) is 12.6 Å². The van der Waals surface area contributed by atoms with Crippen LogP contribution in [0.1, 0.15) is 36.9 Å². The van der Waals surface area contributed by atoms with E-state index < -0.39 is 16.3 Å². The van der Waals surface area contributed by atoms with E-state index in [0.717, 1.165) is 17.7 Å². The maximum Gasteiger partial charge on any atom is 0.277 e. The quantitative estimate of drug-likeness (QED) is 0.818. The normalized spacial score (nSPS) is 13.2. The van der Waals surface area contributed by atoms with Gasteiger partial charge in [0.25, 0.3) is 10.2 Å². The summed E-state index contributed by atoms with van der Waals surface area (Å²) < 4.78 is 34.1. The smallest absolute Gasteiger partial charge is 0.277 e. The first-order valence-corrected chi connectivity index (χ1v) is 8.25. The lowest BCUT2D eigenvalue weighted by molar-refractivity contribution is 0.355. The molecule has 2 aromatic rings. The van der Waals surface area contributed by atoms with Gasteiger partial charge in [-0.15, -0.1) is 0 Å². The Kier molecular flexibility index (Phi) is 5.11. The molecule has 0 fully saturated rings. The zero-order valence-electron chi connectivity index (χ0n) is 12.0. The first-order valence-electron chi connectivity index (χ1n) is 6.76. The van der Waals surface area contributed by atoms with E-state index in [-0.39, 0.29) is 6.54 Å². The molecule has 0 unspecified atom stereocenters. The molecular weight excluding hydrogens is 290 g/mol. The predicted octanol–water partition coefficient (Wildman–Crippen LogP) is 1.92. The number of aryl methyl sites for hydroxylation is 1. The third-order valence-electron chi connectivity index (χ3n) is 3.01. The predicted molar refractivity (Wildman–Crippen MR) is 79.6 cm³/mol. The van der Waals surface area contributed by atoms with Crippen molar-refractivity contribution in [1.82, 2.24) is 14.6 Å². The first kappa shape index (κ1) is 15.7. The van der Waals surface area contributed by atoms with Gasteiger partial charge < -0.3 is 4.52 Å². The van der Waals surface area contributed by atoms with Crippen molar-refractivity contribution < 1.29 is 12.9 Å².